The van der Waals surface area contributed by atoms with Crippen LogP contribution in [-0.4, -0.2) is 57.6 Å². The summed E-state index contributed by atoms with van der Waals surface area (Å²) in [6.07, 6.45) is -2.75. The first kappa shape index (κ1) is 22.0. The van der Waals surface area contributed by atoms with Gasteiger partial charge in [-0.1, -0.05) is 5.16 Å². The van der Waals surface area contributed by atoms with Gasteiger partial charge in [0.05, 0.1) is 12.6 Å². The number of carbonyl (C=O) groups excluding carboxylic acids is 2. The lowest BCUT2D eigenvalue weighted by Crippen LogP contribution is -2.49. The van der Waals surface area contributed by atoms with Crippen molar-refractivity contribution in [2.75, 3.05) is 13.1 Å². The van der Waals surface area contributed by atoms with Gasteiger partial charge in [0, 0.05) is 30.5 Å². The van der Waals surface area contributed by atoms with Gasteiger partial charge in [0.15, 0.2) is 5.82 Å². The molecule has 1 aliphatic carbocycles. The largest absolute Gasteiger partial charge is 0.471 e. The predicted octanol–water partition coefficient (Wildman–Crippen LogP) is 1.33. The highest BCUT2D eigenvalue weighted by atomic mass is 19.4. The number of amides is 2. The highest BCUT2D eigenvalue weighted by Gasteiger charge is 2.46. The van der Waals surface area contributed by atoms with E-state index in [9.17, 15) is 22.8 Å². The van der Waals surface area contributed by atoms with Gasteiger partial charge < -0.3 is 20.1 Å². The monoisotopic (exact) mass is 428 g/mol. The standard InChI is InChI=1S/C18H23F3N6O3/c1-17(2,23-9-14(29)27-5-3-4-10(27)8-22)7-13(28)24-12-6-11(12)15-25-16(30-26-15)18(19,20)21/h10-12,23H,3-7,9H2,1-2H3,(H,24,28)/t10?,11-,12-/m0/s1. The maximum atomic E-state index is 12.5. The SMILES string of the molecule is CC(C)(CC(=O)N[C@H]1C[C@@H]1c1noc(C(F)(F)F)n1)NCC(=O)N1CCCC1C#N. The number of aromatic nitrogens is 2. The fourth-order valence-corrected chi connectivity index (χ4v) is 3.48. The van der Waals surface area contributed by atoms with Crippen LogP contribution in [0.4, 0.5) is 13.2 Å². The van der Waals surface area contributed by atoms with Crippen LogP contribution in [0.5, 0.6) is 0 Å². The third-order valence-corrected chi connectivity index (χ3v) is 5.20. The van der Waals surface area contributed by atoms with Gasteiger partial charge in [0.2, 0.25) is 11.8 Å². The number of hydrogen-bond donors (Lipinski definition) is 2. The Labute approximate surface area is 171 Å². The summed E-state index contributed by atoms with van der Waals surface area (Å²) in [6, 6.07) is 1.36. The quantitative estimate of drug-likeness (QED) is 0.671. The van der Waals surface area contributed by atoms with Crippen molar-refractivity contribution in [3.05, 3.63) is 11.7 Å². The summed E-state index contributed by atoms with van der Waals surface area (Å²) in [6.45, 7) is 4.10. The molecule has 2 amide bonds. The Morgan fingerprint density at radius 3 is 2.73 bits per heavy atom. The van der Waals surface area contributed by atoms with E-state index in [1.807, 2.05) is 0 Å². The van der Waals surface area contributed by atoms with Gasteiger partial charge >= 0.3 is 12.1 Å². The molecule has 2 aliphatic rings. The van der Waals surface area contributed by atoms with E-state index >= 15 is 0 Å². The maximum Gasteiger partial charge on any atom is 0.471 e. The Balaban J connectivity index is 1.44. The van der Waals surface area contributed by atoms with Crippen molar-refractivity contribution >= 4 is 11.8 Å². The summed E-state index contributed by atoms with van der Waals surface area (Å²) in [7, 11) is 0. The van der Waals surface area contributed by atoms with Gasteiger partial charge in [0.25, 0.3) is 0 Å². The Kier molecular flexibility index (Phi) is 6.03. The van der Waals surface area contributed by atoms with Crippen LogP contribution in [0.2, 0.25) is 0 Å². The number of likely N-dealkylation sites (tertiary alicyclic amines) is 1. The van der Waals surface area contributed by atoms with Crippen LogP contribution in [0, 0.1) is 11.3 Å². The normalized spacial score (nSPS) is 23.9. The van der Waals surface area contributed by atoms with Crippen LogP contribution < -0.4 is 10.6 Å². The Hall–Kier alpha value is -2.68. The highest BCUT2D eigenvalue weighted by molar-refractivity contribution is 5.80. The van der Waals surface area contributed by atoms with Crippen molar-refractivity contribution in [2.24, 2.45) is 0 Å². The zero-order valence-corrected chi connectivity index (χ0v) is 16.6. The first-order valence-corrected chi connectivity index (χ1v) is 9.64. The van der Waals surface area contributed by atoms with E-state index < -0.39 is 29.6 Å². The molecule has 164 valence electrons. The van der Waals surface area contributed by atoms with Gasteiger partial charge in [-0.3, -0.25) is 9.59 Å². The van der Waals surface area contributed by atoms with Crippen LogP contribution in [0.1, 0.15) is 57.2 Å². The molecule has 12 heteroatoms. The van der Waals surface area contributed by atoms with Crippen molar-refractivity contribution < 1.29 is 27.3 Å². The van der Waals surface area contributed by atoms with E-state index in [1.165, 1.54) is 4.90 Å². The van der Waals surface area contributed by atoms with E-state index in [0.29, 0.717) is 19.4 Å². The first-order chi connectivity index (χ1) is 14.0. The number of nitriles is 1. The molecule has 1 saturated heterocycles. The minimum atomic E-state index is -4.70. The van der Waals surface area contributed by atoms with E-state index in [4.69, 9.17) is 5.26 Å². The van der Waals surface area contributed by atoms with Gasteiger partial charge in [-0.05, 0) is 33.1 Å². The van der Waals surface area contributed by atoms with Crippen LogP contribution >= 0.6 is 0 Å². The third kappa shape index (κ3) is 5.27. The molecule has 2 N–H and O–H groups in total. The average Bonchev–Trinajstić information content (AvgIpc) is 3.08. The number of carbonyl (C=O) groups is 2. The smallest absolute Gasteiger partial charge is 0.353 e. The molecule has 1 unspecified atom stereocenters. The lowest BCUT2D eigenvalue weighted by atomic mass is 10.00. The lowest BCUT2D eigenvalue weighted by molar-refractivity contribution is -0.159. The van der Waals surface area contributed by atoms with Gasteiger partial charge in [-0.2, -0.15) is 23.4 Å². The second-order valence-corrected chi connectivity index (χ2v) is 8.26. The fraction of sp³-hybridized carbons (Fsp3) is 0.722. The number of nitrogens with one attached hydrogen (secondary N) is 2. The zero-order chi connectivity index (χ0) is 22.1. The molecule has 9 nitrogen and oxygen atoms in total. The van der Waals surface area contributed by atoms with E-state index in [0.717, 1.165) is 6.42 Å². The summed E-state index contributed by atoms with van der Waals surface area (Å²) in [5, 5.41) is 18.2. The van der Waals surface area contributed by atoms with Crippen molar-refractivity contribution in [1.82, 2.24) is 25.7 Å². The highest BCUT2D eigenvalue weighted by Crippen LogP contribution is 2.40. The average molecular weight is 428 g/mol. The predicted molar refractivity (Wildman–Crippen MR) is 95.6 cm³/mol. The molecule has 0 radical (unpaired) electrons. The van der Waals surface area contributed by atoms with Crippen molar-refractivity contribution in [3.8, 4) is 6.07 Å². The lowest BCUT2D eigenvalue weighted by Gasteiger charge is -2.27. The molecule has 1 aliphatic heterocycles. The number of hydrogen-bond acceptors (Lipinski definition) is 7. The molecule has 3 rings (SSSR count). The molecule has 30 heavy (non-hydrogen) atoms. The molecule has 1 saturated carbocycles. The molecule has 2 fully saturated rings. The summed E-state index contributed by atoms with van der Waals surface area (Å²) < 4.78 is 41.8. The van der Waals surface area contributed by atoms with Crippen molar-refractivity contribution in [3.63, 3.8) is 0 Å². The number of nitrogens with zero attached hydrogens (tertiary/aromatic N) is 4. The van der Waals surface area contributed by atoms with Crippen LogP contribution in [0.15, 0.2) is 4.52 Å². The zero-order valence-electron chi connectivity index (χ0n) is 16.6. The summed E-state index contributed by atoms with van der Waals surface area (Å²) >= 11 is 0. The first-order valence-electron chi connectivity index (χ1n) is 9.64. The van der Waals surface area contributed by atoms with E-state index in [1.54, 1.807) is 13.8 Å². The summed E-state index contributed by atoms with van der Waals surface area (Å²) in [4.78, 5) is 29.5. The maximum absolute atomic E-state index is 12.5. The summed E-state index contributed by atoms with van der Waals surface area (Å²) in [5.74, 6) is -2.38. The Morgan fingerprint density at radius 2 is 2.10 bits per heavy atom. The fourth-order valence-electron chi connectivity index (χ4n) is 3.48. The van der Waals surface area contributed by atoms with Gasteiger partial charge in [-0.25, -0.2) is 0 Å². The van der Waals surface area contributed by atoms with Crippen LogP contribution in [0.3, 0.4) is 0 Å². The summed E-state index contributed by atoms with van der Waals surface area (Å²) in [5.41, 5.74) is -0.693. The molecule has 1 aromatic rings. The second kappa shape index (κ2) is 8.22. The minimum Gasteiger partial charge on any atom is -0.353 e. The van der Waals surface area contributed by atoms with Crippen LogP contribution in [-0.2, 0) is 15.8 Å². The van der Waals surface area contributed by atoms with Gasteiger partial charge in [0.1, 0.15) is 6.04 Å². The van der Waals surface area contributed by atoms with Crippen molar-refractivity contribution in [1.29, 1.82) is 5.26 Å². The molecule has 2 heterocycles. The molecule has 0 spiro atoms. The molecular weight excluding hydrogens is 405 g/mol. The van der Waals surface area contributed by atoms with Gasteiger partial charge in [-0.15, -0.1) is 0 Å². The molecular formula is C18H23F3N6O3. The minimum absolute atomic E-state index is 0.00753. The van der Waals surface area contributed by atoms with Crippen LogP contribution in [0.25, 0.3) is 0 Å². The van der Waals surface area contributed by atoms with E-state index in [-0.39, 0.29) is 36.6 Å². The van der Waals surface area contributed by atoms with Crippen molar-refractivity contribution in [2.45, 2.75) is 69.2 Å². The molecule has 0 bridgehead atoms. The number of alkyl halides is 3. The number of halogens is 3. The van der Waals surface area contributed by atoms with E-state index in [2.05, 4.69) is 31.4 Å². The Morgan fingerprint density at radius 1 is 1.37 bits per heavy atom. The second-order valence-electron chi connectivity index (χ2n) is 8.26. The molecule has 3 atom stereocenters. The number of rotatable bonds is 7. The Bertz CT molecular complexity index is 847. The topological polar surface area (TPSA) is 124 Å². The molecule has 0 aromatic carbocycles. The third-order valence-electron chi connectivity index (χ3n) is 5.20. The molecule has 1 aromatic heterocycles.